The molecule has 5 heteroatoms. The Balaban J connectivity index is 1.54. The average molecular weight is 373 g/mol. The van der Waals surface area contributed by atoms with E-state index in [9.17, 15) is 0 Å². The van der Waals surface area contributed by atoms with Crippen LogP contribution in [0.2, 0.25) is 0 Å². The molecule has 4 heterocycles. The first-order valence-corrected chi connectivity index (χ1v) is 10.7. The normalized spacial score (nSPS) is 22.3. The molecule has 0 radical (unpaired) electrons. The van der Waals surface area contributed by atoms with Crippen molar-refractivity contribution in [3.05, 3.63) is 39.8 Å². The van der Waals surface area contributed by atoms with Gasteiger partial charge in [0.25, 0.3) is 0 Å². The topological polar surface area (TPSA) is 24.3 Å². The third-order valence-corrected chi connectivity index (χ3v) is 7.36. The predicted octanol–water partition coefficient (Wildman–Crippen LogP) is 4.33. The molecule has 0 N–H and O–H groups in total. The van der Waals surface area contributed by atoms with Crippen LogP contribution in [0.25, 0.3) is 0 Å². The first kappa shape index (κ1) is 18.2. The summed E-state index contributed by atoms with van der Waals surface area (Å²) in [6.07, 6.45) is 3.15. The van der Waals surface area contributed by atoms with Gasteiger partial charge in [0.05, 0.1) is 12.2 Å². The molecule has 0 fully saturated rings. The molecular formula is C21H32N4S. The van der Waals surface area contributed by atoms with E-state index < -0.39 is 0 Å². The highest BCUT2D eigenvalue weighted by Gasteiger charge is 2.38. The van der Waals surface area contributed by atoms with Gasteiger partial charge in [-0.2, -0.15) is 5.10 Å². The van der Waals surface area contributed by atoms with Crippen LogP contribution in [-0.2, 0) is 19.6 Å². The van der Waals surface area contributed by atoms with Gasteiger partial charge in [-0.1, -0.05) is 0 Å². The molecule has 2 aromatic heterocycles. The molecule has 4 rings (SSSR count). The highest BCUT2D eigenvalue weighted by molar-refractivity contribution is 7.10. The highest BCUT2D eigenvalue weighted by Crippen LogP contribution is 2.41. The molecule has 26 heavy (non-hydrogen) atoms. The molecule has 2 aliphatic rings. The van der Waals surface area contributed by atoms with Gasteiger partial charge >= 0.3 is 0 Å². The molecular weight excluding hydrogens is 340 g/mol. The minimum atomic E-state index is 0.183. The van der Waals surface area contributed by atoms with E-state index in [0.29, 0.717) is 5.92 Å². The van der Waals surface area contributed by atoms with E-state index in [1.165, 1.54) is 18.7 Å². The second kappa shape index (κ2) is 6.47. The van der Waals surface area contributed by atoms with Crippen LogP contribution in [0.4, 0.5) is 0 Å². The lowest BCUT2D eigenvalue weighted by atomic mass is 9.83. The fourth-order valence-electron chi connectivity index (χ4n) is 4.56. The van der Waals surface area contributed by atoms with Gasteiger partial charge in [0.1, 0.15) is 0 Å². The third kappa shape index (κ3) is 3.37. The van der Waals surface area contributed by atoms with E-state index in [-0.39, 0.29) is 11.1 Å². The van der Waals surface area contributed by atoms with Gasteiger partial charge in [0.2, 0.25) is 0 Å². The average Bonchev–Trinajstić information content (AvgIpc) is 3.21. The van der Waals surface area contributed by atoms with Crippen molar-refractivity contribution in [1.82, 2.24) is 19.6 Å². The summed E-state index contributed by atoms with van der Waals surface area (Å²) >= 11 is 1.96. The first-order valence-electron chi connectivity index (χ1n) is 9.81. The number of hydrogen-bond donors (Lipinski definition) is 0. The van der Waals surface area contributed by atoms with Gasteiger partial charge in [-0.25, -0.2) is 0 Å². The lowest BCUT2D eigenvalue weighted by molar-refractivity contribution is 0.0523. The number of rotatable bonds is 3. The van der Waals surface area contributed by atoms with E-state index in [0.717, 1.165) is 26.2 Å². The van der Waals surface area contributed by atoms with Crippen LogP contribution in [0.1, 0.15) is 63.1 Å². The van der Waals surface area contributed by atoms with E-state index in [1.54, 1.807) is 10.4 Å². The van der Waals surface area contributed by atoms with Crippen LogP contribution in [0.5, 0.6) is 0 Å². The van der Waals surface area contributed by atoms with E-state index in [1.807, 2.05) is 17.5 Å². The zero-order valence-corrected chi connectivity index (χ0v) is 17.6. The lowest BCUT2D eigenvalue weighted by Crippen LogP contribution is -2.51. The Morgan fingerprint density at radius 1 is 1.08 bits per heavy atom. The quantitative estimate of drug-likeness (QED) is 0.802. The van der Waals surface area contributed by atoms with Gasteiger partial charge in [0, 0.05) is 54.2 Å². The van der Waals surface area contributed by atoms with Crippen LogP contribution in [0.15, 0.2) is 23.7 Å². The number of fused-ring (bicyclic) bond motifs is 2. The molecule has 4 nitrogen and oxygen atoms in total. The molecule has 1 unspecified atom stereocenters. The third-order valence-electron chi connectivity index (χ3n) is 6.24. The van der Waals surface area contributed by atoms with E-state index >= 15 is 0 Å². The molecule has 2 aromatic rings. The Kier molecular flexibility index (Phi) is 4.53. The van der Waals surface area contributed by atoms with Crippen LogP contribution in [0.3, 0.4) is 0 Å². The number of nitrogens with zero attached hydrogens (tertiary/aromatic N) is 4. The van der Waals surface area contributed by atoms with Crippen molar-refractivity contribution in [2.75, 3.05) is 13.1 Å². The Hall–Kier alpha value is -1.17. The van der Waals surface area contributed by atoms with Crippen LogP contribution in [-0.4, -0.2) is 43.7 Å². The summed E-state index contributed by atoms with van der Waals surface area (Å²) < 4.78 is 2.16. The van der Waals surface area contributed by atoms with Crippen molar-refractivity contribution in [2.24, 2.45) is 0 Å². The molecule has 0 aliphatic carbocycles. The molecule has 0 bridgehead atoms. The number of aromatic nitrogens is 2. The second-order valence-electron chi connectivity index (χ2n) is 9.54. The van der Waals surface area contributed by atoms with Gasteiger partial charge in [0.15, 0.2) is 0 Å². The Morgan fingerprint density at radius 3 is 2.65 bits per heavy atom. The van der Waals surface area contributed by atoms with Gasteiger partial charge in [-0.3, -0.25) is 14.5 Å². The van der Waals surface area contributed by atoms with Crippen molar-refractivity contribution in [2.45, 2.75) is 77.7 Å². The van der Waals surface area contributed by atoms with Crippen molar-refractivity contribution in [3.8, 4) is 0 Å². The summed E-state index contributed by atoms with van der Waals surface area (Å²) in [6.45, 7) is 17.3. The zero-order valence-electron chi connectivity index (χ0n) is 16.8. The summed E-state index contributed by atoms with van der Waals surface area (Å²) in [6, 6.07) is 4.51. The fraction of sp³-hybridized carbons (Fsp3) is 0.667. The summed E-state index contributed by atoms with van der Waals surface area (Å²) in [7, 11) is 0. The van der Waals surface area contributed by atoms with Gasteiger partial charge < -0.3 is 0 Å². The fourth-order valence-corrected chi connectivity index (χ4v) is 5.57. The Bertz CT molecular complexity index is 767. The molecule has 142 valence electrons. The van der Waals surface area contributed by atoms with Crippen LogP contribution < -0.4 is 0 Å². The molecule has 0 spiro atoms. The molecule has 2 aliphatic heterocycles. The maximum Gasteiger partial charge on any atom is 0.0540 e. The molecule has 0 saturated carbocycles. The zero-order chi connectivity index (χ0) is 18.5. The Labute approximate surface area is 161 Å². The largest absolute Gasteiger partial charge is 0.294 e. The smallest absolute Gasteiger partial charge is 0.0540 e. The van der Waals surface area contributed by atoms with Crippen molar-refractivity contribution < 1.29 is 0 Å². The van der Waals surface area contributed by atoms with Gasteiger partial charge in [-0.05, 0) is 64.1 Å². The molecule has 1 atom stereocenters. The molecule has 0 saturated heterocycles. The maximum atomic E-state index is 4.43. The highest BCUT2D eigenvalue weighted by atomic mass is 32.1. The van der Waals surface area contributed by atoms with Crippen molar-refractivity contribution in [1.29, 1.82) is 0 Å². The van der Waals surface area contributed by atoms with E-state index in [2.05, 4.69) is 71.7 Å². The minimum absolute atomic E-state index is 0.183. The van der Waals surface area contributed by atoms with Crippen LogP contribution >= 0.6 is 11.3 Å². The summed E-state index contributed by atoms with van der Waals surface area (Å²) in [5.74, 6) is 0.625. The Morgan fingerprint density at radius 2 is 1.88 bits per heavy atom. The standard InChI is InChI=1S/C21H32N4S/c1-20(2,3)24-13-16-7-11-26-19(16)17(14-24)12-21(4,5)23-9-10-25-18(15-23)6-8-22-25/h6-8,11,17H,9-10,12-15H2,1-5H3. The van der Waals surface area contributed by atoms with Crippen molar-refractivity contribution in [3.63, 3.8) is 0 Å². The summed E-state index contributed by atoms with van der Waals surface area (Å²) in [4.78, 5) is 6.95. The summed E-state index contributed by atoms with van der Waals surface area (Å²) in [5.41, 5.74) is 3.30. The van der Waals surface area contributed by atoms with Crippen molar-refractivity contribution >= 4 is 11.3 Å². The monoisotopic (exact) mass is 372 g/mol. The number of thiophene rings is 1. The maximum absolute atomic E-state index is 4.43. The molecule has 0 aromatic carbocycles. The SMILES string of the molecule is CC(C)(C)N1Cc2ccsc2C(CC(C)(C)N2CCn3nccc3C2)C1. The predicted molar refractivity (Wildman–Crippen MR) is 109 cm³/mol. The lowest BCUT2D eigenvalue weighted by Gasteiger charge is -2.46. The van der Waals surface area contributed by atoms with Crippen LogP contribution in [0, 0.1) is 0 Å². The molecule has 0 amide bonds. The summed E-state index contributed by atoms with van der Waals surface area (Å²) in [5, 5.41) is 6.72. The van der Waals surface area contributed by atoms with Gasteiger partial charge in [-0.15, -0.1) is 11.3 Å². The number of hydrogen-bond acceptors (Lipinski definition) is 4. The first-order chi connectivity index (χ1) is 12.2. The van der Waals surface area contributed by atoms with E-state index in [4.69, 9.17) is 0 Å². The second-order valence-corrected chi connectivity index (χ2v) is 10.5. The minimum Gasteiger partial charge on any atom is -0.294 e.